The Bertz CT molecular complexity index is 491. The third-order valence-electron chi connectivity index (χ3n) is 4.43. The monoisotopic (exact) mass is 324 g/mol. The molecule has 0 aromatic heterocycles. The summed E-state index contributed by atoms with van der Waals surface area (Å²) in [4.78, 5) is 4.21. The molecule has 1 N–H and O–H groups in total. The Morgan fingerprint density at radius 2 is 2.33 bits per heavy atom. The quantitative estimate of drug-likeness (QED) is 0.788. The molecule has 96 valence electrons. The molecule has 1 aromatic rings. The number of hydrogen-bond donors (Lipinski definition) is 1. The molecule has 2 atom stereocenters. The Labute approximate surface area is 121 Å². The second-order valence-corrected chi connectivity index (χ2v) is 7.36. The van der Waals surface area contributed by atoms with Crippen molar-refractivity contribution >= 4 is 33.4 Å². The summed E-state index contributed by atoms with van der Waals surface area (Å²) in [6, 6.07) is 5.29. The molecule has 1 fully saturated rings. The van der Waals surface area contributed by atoms with Gasteiger partial charge in [0, 0.05) is 34.4 Å². The predicted molar refractivity (Wildman–Crippen MR) is 80.8 cm³/mol. The van der Waals surface area contributed by atoms with Gasteiger partial charge in [0.05, 0.1) is 5.69 Å². The summed E-state index contributed by atoms with van der Waals surface area (Å²) >= 11 is 5.82. The zero-order valence-corrected chi connectivity index (χ0v) is 12.7. The zero-order valence-electron chi connectivity index (χ0n) is 10.3. The molecule has 0 radical (unpaired) electrons. The number of rotatable bonds is 0. The third kappa shape index (κ3) is 1.58. The number of thioether (sulfide) groups is 1. The minimum Gasteiger partial charge on any atom is -0.367 e. The lowest BCUT2D eigenvalue weighted by Gasteiger charge is -2.33. The molecule has 3 aliphatic heterocycles. The Morgan fingerprint density at radius 3 is 3.28 bits per heavy atom. The highest BCUT2D eigenvalue weighted by Gasteiger charge is 2.42. The van der Waals surface area contributed by atoms with E-state index in [2.05, 4.69) is 38.3 Å². The summed E-state index contributed by atoms with van der Waals surface area (Å²) < 4.78 is 1.31. The summed E-state index contributed by atoms with van der Waals surface area (Å²) in [6.45, 7) is 3.55. The maximum Gasteiger partial charge on any atom is 0.0555 e. The predicted octanol–water partition coefficient (Wildman–Crippen LogP) is 3.21. The van der Waals surface area contributed by atoms with E-state index >= 15 is 0 Å². The van der Waals surface area contributed by atoms with E-state index in [1.165, 1.54) is 41.1 Å². The number of nitrogens with one attached hydrogen (secondary N) is 1. The van der Waals surface area contributed by atoms with Gasteiger partial charge < -0.3 is 10.2 Å². The molecule has 0 aliphatic carbocycles. The molecule has 0 spiro atoms. The van der Waals surface area contributed by atoms with Crippen molar-refractivity contribution < 1.29 is 0 Å². The lowest BCUT2D eigenvalue weighted by Crippen LogP contribution is -2.44. The van der Waals surface area contributed by atoms with Crippen LogP contribution in [0.3, 0.4) is 0 Å². The smallest absolute Gasteiger partial charge is 0.0555 e. The van der Waals surface area contributed by atoms with Crippen molar-refractivity contribution in [3.05, 3.63) is 22.2 Å². The number of nitrogens with zero attached hydrogens (tertiary/aromatic N) is 1. The van der Waals surface area contributed by atoms with Gasteiger partial charge in [0.25, 0.3) is 0 Å². The minimum absolute atomic E-state index is 0.682. The van der Waals surface area contributed by atoms with E-state index in [1.807, 2.05) is 11.8 Å². The number of piperidine rings is 1. The maximum atomic E-state index is 3.79. The highest BCUT2D eigenvalue weighted by Crippen LogP contribution is 2.51. The Kier molecular flexibility index (Phi) is 2.86. The highest BCUT2D eigenvalue weighted by atomic mass is 79.9. The Morgan fingerprint density at radius 1 is 1.39 bits per heavy atom. The van der Waals surface area contributed by atoms with Gasteiger partial charge in [-0.05, 0) is 42.8 Å². The van der Waals surface area contributed by atoms with Gasteiger partial charge >= 0.3 is 0 Å². The summed E-state index contributed by atoms with van der Waals surface area (Å²) in [5.74, 6) is 1.95. The first-order valence-corrected chi connectivity index (χ1v) is 8.56. The van der Waals surface area contributed by atoms with Gasteiger partial charge in [-0.1, -0.05) is 15.9 Å². The van der Waals surface area contributed by atoms with Crippen LogP contribution in [-0.4, -0.2) is 31.4 Å². The van der Waals surface area contributed by atoms with Gasteiger partial charge in [-0.15, -0.1) is 11.8 Å². The molecule has 1 saturated heterocycles. The van der Waals surface area contributed by atoms with Gasteiger partial charge in [0.15, 0.2) is 0 Å². The van der Waals surface area contributed by atoms with E-state index in [0.717, 1.165) is 12.6 Å². The Balaban J connectivity index is 1.92. The molecular weight excluding hydrogens is 308 g/mol. The second kappa shape index (κ2) is 4.43. The van der Waals surface area contributed by atoms with Gasteiger partial charge in [-0.2, -0.15) is 0 Å². The fraction of sp³-hybridized carbons (Fsp3) is 0.571. The fourth-order valence-corrected chi connectivity index (χ4v) is 5.34. The normalized spacial score (nSPS) is 29.7. The van der Waals surface area contributed by atoms with Crippen LogP contribution in [-0.2, 0) is 0 Å². The summed E-state index contributed by atoms with van der Waals surface area (Å²) in [6.07, 6.45) is 2.60. The maximum absolute atomic E-state index is 3.79. The first-order valence-electron chi connectivity index (χ1n) is 6.79. The topological polar surface area (TPSA) is 15.3 Å². The molecule has 4 rings (SSSR count). The van der Waals surface area contributed by atoms with Crippen LogP contribution in [0.5, 0.6) is 0 Å². The molecule has 0 bridgehead atoms. The number of benzene rings is 1. The van der Waals surface area contributed by atoms with Crippen molar-refractivity contribution in [1.82, 2.24) is 5.32 Å². The van der Waals surface area contributed by atoms with E-state index in [9.17, 15) is 0 Å². The molecule has 3 aliphatic rings. The first kappa shape index (κ1) is 11.6. The largest absolute Gasteiger partial charge is 0.367 e. The molecule has 2 unspecified atom stereocenters. The second-order valence-electron chi connectivity index (χ2n) is 5.37. The molecule has 3 heterocycles. The molecule has 0 amide bonds. The highest BCUT2D eigenvalue weighted by molar-refractivity contribution is 9.10. The summed E-state index contributed by atoms with van der Waals surface area (Å²) in [5, 5.41) is 3.57. The van der Waals surface area contributed by atoms with Crippen LogP contribution in [0.15, 0.2) is 21.5 Å². The van der Waals surface area contributed by atoms with Crippen molar-refractivity contribution in [3.63, 3.8) is 0 Å². The lowest BCUT2D eigenvalue weighted by atomic mass is 9.90. The van der Waals surface area contributed by atoms with Crippen LogP contribution in [0.1, 0.15) is 24.3 Å². The lowest BCUT2D eigenvalue weighted by molar-refractivity contribution is 0.402. The van der Waals surface area contributed by atoms with Gasteiger partial charge in [0.1, 0.15) is 0 Å². The Hall–Kier alpha value is -0.190. The molecule has 18 heavy (non-hydrogen) atoms. The number of hydrogen-bond acceptors (Lipinski definition) is 3. The SMILES string of the molecule is Brc1ccc2c3c1C1CNCCC1N3CCCS2. The van der Waals surface area contributed by atoms with Gasteiger partial charge in [-0.3, -0.25) is 0 Å². The van der Waals surface area contributed by atoms with E-state index in [-0.39, 0.29) is 0 Å². The van der Waals surface area contributed by atoms with Crippen LogP contribution in [0.4, 0.5) is 5.69 Å². The standard InChI is InChI=1S/C14H17BrN2S/c15-10-2-3-12-14-13(10)9-8-16-5-4-11(9)17(14)6-1-7-18-12/h2-3,9,11,16H,1,4-8H2. The van der Waals surface area contributed by atoms with Crippen molar-refractivity contribution in [2.75, 3.05) is 30.3 Å². The number of fused-ring (bicyclic) bond motifs is 3. The van der Waals surface area contributed by atoms with Crippen molar-refractivity contribution in [3.8, 4) is 0 Å². The average molecular weight is 325 g/mol. The van der Waals surface area contributed by atoms with Crippen LogP contribution in [0.2, 0.25) is 0 Å². The third-order valence-corrected chi connectivity index (χ3v) is 6.26. The molecule has 0 saturated carbocycles. The average Bonchev–Trinajstić information content (AvgIpc) is 2.58. The van der Waals surface area contributed by atoms with Crippen LogP contribution < -0.4 is 10.2 Å². The summed E-state index contributed by atoms with van der Waals surface area (Å²) in [5.41, 5.74) is 3.12. The summed E-state index contributed by atoms with van der Waals surface area (Å²) in [7, 11) is 0. The zero-order chi connectivity index (χ0) is 12.1. The van der Waals surface area contributed by atoms with E-state index in [0.29, 0.717) is 5.92 Å². The van der Waals surface area contributed by atoms with Crippen LogP contribution in [0.25, 0.3) is 0 Å². The van der Waals surface area contributed by atoms with E-state index in [4.69, 9.17) is 0 Å². The van der Waals surface area contributed by atoms with Crippen LogP contribution >= 0.6 is 27.7 Å². The molecular formula is C14H17BrN2S. The van der Waals surface area contributed by atoms with Crippen molar-refractivity contribution in [2.45, 2.75) is 29.7 Å². The van der Waals surface area contributed by atoms with E-state index in [1.54, 1.807) is 11.3 Å². The number of anilines is 1. The van der Waals surface area contributed by atoms with Gasteiger partial charge in [-0.25, -0.2) is 0 Å². The van der Waals surface area contributed by atoms with E-state index < -0.39 is 0 Å². The molecule has 2 nitrogen and oxygen atoms in total. The minimum atomic E-state index is 0.682. The van der Waals surface area contributed by atoms with Crippen molar-refractivity contribution in [2.24, 2.45) is 0 Å². The molecule has 4 heteroatoms. The van der Waals surface area contributed by atoms with Crippen molar-refractivity contribution in [1.29, 1.82) is 0 Å². The fourth-order valence-electron chi connectivity index (χ4n) is 3.70. The first-order chi connectivity index (χ1) is 8.86. The number of halogens is 1. The van der Waals surface area contributed by atoms with Crippen LogP contribution in [0, 0.1) is 0 Å². The van der Waals surface area contributed by atoms with Gasteiger partial charge in [0.2, 0.25) is 0 Å². The molecule has 1 aromatic carbocycles.